The molecule has 2 aromatic carbocycles. The van der Waals surface area contributed by atoms with Crippen molar-refractivity contribution in [1.29, 1.82) is 5.41 Å². The molecular weight excluding hydrogens is 1230 g/mol. The number of amides is 11. The maximum absolute atomic E-state index is 14.4. The summed E-state index contributed by atoms with van der Waals surface area (Å²) in [5, 5.41) is 85.6. The second kappa shape index (κ2) is 42.5. The number of carbonyl (C=O) groups is 13. The van der Waals surface area contributed by atoms with Crippen LogP contribution < -0.4 is 86.7 Å². The third-order valence-electron chi connectivity index (χ3n) is 14.2. The second-order valence-corrected chi connectivity index (χ2v) is 22.4. The van der Waals surface area contributed by atoms with Crippen molar-refractivity contribution in [1.82, 2.24) is 63.8 Å². The van der Waals surface area contributed by atoms with Gasteiger partial charge in [-0.25, -0.2) is 0 Å². The lowest BCUT2D eigenvalue weighted by Gasteiger charge is -2.29. The standard InChI is InChI=1S/C59H93N17O18/c1-31(2)47(57(93)73-42(27-45(81)82)54(90)71-40(17-12-24-65-59(63)64)52(88)68-32(3)49(85)74-43(30-77)56(92)70-38(15-8-10-22-60)51(87)67-29-46(83)84)75-55(91)41(26-34-13-6-5-7-14-34)72-58(94)48(33(4)78)76-53(89)39(16-9-11-23-61)69-44(80)28-66-50(86)37(62)25-35-18-20-36(79)21-19-35/h5-7,13-14,18-21,31-33,37-43,47-48,77-79H,8-12,15-17,22-30,60-62H2,1-4H3,(H,66,86)(H,67,87)(H,68,88)(H,69,80)(H,70,92)(H,71,90)(H,72,94)(H,73,93)(H,74,85)(H,75,91)(H,76,89)(H,81,82)(H,83,84)(H4,63,64,65)/t32-,33+,37+,38-,39-,40-,41-,42-,43-,47-,48-/m1/s1. The van der Waals surface area contributed by atoms with Crippen LogP contribution in [0.25, 0.3) is 0 Å². The van der Waals surface area contributed by atoms with Crippen LogP contribution in [0.5, 0.6) is 5.75 Å². The third kappa shape index (κ3) is 30.7. The van der Waals surface area contributed by atoms with Gasteiger partial charge in [-0.1, -0.05) is 56.3 Å². The summed E-state index contributed by atoms with van der Waals surface area (Å²) in [5.74, 6) is -15.3. The molecule has 35 nitrogen and oxygen atoms in total. The van der Waals surface area contributed by atoms with E-state index in [9.17, 15) is 82.8 Å². The van der Waals surface area contributed by atoms with Crippen LogP contribution in [0, 0.1) is 11.3 Å². The van der Waals surface area contributed by atoms with Crippen LogP contribution >= 0.6 is 0 Å². The fourth-order valence-corrected chi connectivity index (χ4v) is 8.96. The van der Waals surface area contributed by atoms with Gasteiger partial charge in [0, 0.05) is 13.0 Å². The van der Waals surface area contributed by atoms with Crippen molar-refractivity contribution >= 4 is 82.9 Å². The van der Waals surface area contributed by atoms with E-state index in [1.807, 2.05) is 0 Å². The van der Waals surface area contributed by atoms with Gasteiger partial charge in [-0.15, -0.1) is 0 Å². The van der Waals surface area contributed by atoms with Gasteiger partial charge >= 0.3 is 11.9 Å². The molecule has 0 unspecified atom stereocenters. The van der Waals surface area contributed by atoms with Crippen molar-refractivity contribution in [3.05, 3.63) is 65.7 Å². The van der Waals surface area contributed by atoms with Gasteiger partial charge in [0.2, 0.25) is 65.0 Å². The number of aromatic hydroxyl groups is 1. The Kier molecular flexibility index (Phi) is 36.4. The van der Waals surface area contributed by atoms with Gasteiger partial charge in [-0.2, -0.15) is 0 Å². The van der Waals surface area contributed by atoms with E-state index < -0.39 is 181 Å². The summed E-state index contributed by atoms with van der Waals surface area (Å²) in [6.07, 6.45) is -1.73. The number of carboxylic acid groups (broad SMARTS) is 2. The second-order valence-electron chi connectivity index (χ2n) is 22.4. The summed E-state index contributed by atoms with van der Waals surface area (Å²) >= 11 is 0. The van der Waals surface area contributed by atoms with Crippen LogP contribution in [-0.4, -0.2) is 214 Å². The number of aliphatic carboxylic acids is 2. The van der Waals surface area contributed by atoms with Crippen LogP contribution in [0.15, 0.2) is 54.6 Å². The number of carboxylic acids is 2. The van der Waals surface area contributed by atoms with Gasteiger partial charge in [0.15, 0.2) is 5.96 Å². The zero-order valence-corrected chi connectivity index (χ0v) is 53.0. The Morgan fingerprint density at radius 3 is 1.49 bits per heavy atom. The lowest BCUT2D eigenvalue weighted by Crippen LogP contribution is -2.62. The molecule has 0 fully saturated rings. The van der Waals surface area contributed by atoms with E-state index in [0.29, 0.717) is 36.8 Å². The van der Waals surface area contributed by atoms with E-state index in [4.69, 9.17) is 33.5 Å². The molecule has 0 aliphatic rings. The molecule has 0 saturated heterocycles. The molecular formula is C59H93N17O18. The van der Waals surface area contributed by atoms with Crippen molar-refractivity contribution < 1.29 is 87.9 Å². The summed E-state index contributed by atoms with van der Waals surface area (Å²) in [5.41, 5.74) is 23.8. The molecule has 0 aliphatic heterocycles. The summed E-state index contributed by atoms with van der Waals surface area (Å²) in [4.78, 5) is 173. The van der Waals surface area contributed by atoms with Gasteiger partial charge < -0.3 is 112 Å². The number of nitrogens with two attached hydrogens (primary N) is 4. The van der Waals surface area contributed by atoms with Crippen molar-refractivity contribution in [3.8, 4) is 5.75 Å². The number of aliphatic hydroxyl groups is 2. The molecule has 0 aromatic heterocycles. The number of nitrogens with one attached hydrogen (secondary N) is 13. The maximum Gasteiger partial charge on any atom is 0.322 e. The molecule has 0 saturated carbocycles. The number of hydrogen-bond donors (Lipinski definition) is 22. The molecule has 0 heterocycles. The van der Waals surface area contributed by atoms with Crippen LogP contribution in [0.1, 0.15) is 96.6 Å². The molecule has 2 aromatic rings. The molecule has 0 spiro atoms. The predicted molar refractivity (Wildman–Crippen MR) is 337 cm³/mol. The Morgan fingerprint density at radius 2 is 0.947 bits per heavy atom. The number of aliphatic hydroxyl groups excluding tert-OH is 2. The van der Waals surface area contributed by atoms with Crippen LogP contribution in [0.2, 0.25) is 0 Å². The van der Waals surface area contributed by atoms with E-state index in [2.05, 4.69) is 63.8 Å². The van der Waals surface area contributed by atoms with Crippen molar-refractivity contribution in [3.63, 3.8) is 0 Å². The van der Waals surface area contributed by atoms with Crippen molar-refractivity contribution in [2.24, 2.45) is 28.9 Å². The molecule has 94 heavy (non-hydrogen) atoms. The zero-order valence-electron chi connectivity index (χ0n) is 53.0. The van der Waals surface area contributed by atoms with Gasteiger partial charge in [0.1, 0.15) is 66.7 Å². The monoisotopic (exact) mass is 1330 g/mol. The normalized spacial score (nSPS) is 14.5. The Morgan fingerprint density at radius 1 is 0.479 bits per heavy atom. The first-order valence-electron chi connectivity index (χ1n) is 30.5. The largest absolute Gasteiger partial charge is 0.508 e. The Balaban J connectivity index is 2.37. The number of hydrogen-bond acceptors (Lipinski definition) is 20. The number of phenolic OH excluding ortho intramolecular Hbond substituents is 1. The summed E-state index contributed by atoms with van der Waals surface area (Å²) in [7, 11) is 0. The van der Waals surface area contributed by atoms with Gasteiger partial charge in [0.25, 0.3) is 0 Å². The number of rotatable bonds is 44. The minimum absolute atomic E-state index is 0.00173. The Hall–Kier alpha value is -9.58. The Labute approximate surface area is 542 Å². The Bertz CT molecular complexity index is 2870. The highest BCUT2D eigenvalue weighted by Gasteiger charge is 2.37. The van der Waals surface area contributed by atoms with E-state index in [-0.39, 0.29) is 63.9 Å². The summed E-state index contributed by atoms with van der Waals surface area (Å²) in [6.45, 7) is 3.33. The van der Waals surface area contributed by atoms with Crippen LogP contribution in [0.3, 0.4) is 0 Å². The molecule has 0 aliphatic carbocycles. The first-order chi connectivity index (χ1) is 44.4. The molecule has 11 amide bonds. The molecule has 35 heteroatoms. The SMILES string of the molecule is CC(C)[C@@H](NC(=O)[C@@H](Cc1ccccc1)NC(=O)[C@H](NC(=O)[C@@H](CCCCN)NC(=O)CNC(=O)[C@@H](N)Cc1ccc(O)cc1)[C@H](C)O)C(=O)N[C@H](CC(=O)O)C(=O)N[C@H](CCCNC(=N)N)C(=O)N[C@H](C)C(=O)N[C@H](CO)C(=O)N[C@H](CCCCN)C(=O)NCC(=O)O. The van der Waals surface area contributed by atoms with Gasteiger partial charge in [-0.3, -0.25) is 67.7 Å². The van der Waals surface area contributed by atoms with Gasteiger partial charge in [0.05, 0.1) is 31.7 Å². The predicted octanol–water partition coefficient (Wildman–Crippen LogP) is -6.77. The summed E-state index contributed by atoms with van der Waals surface area (Å²) in [6, 6.07) is -1.39. The van der Waals surface area contributed by atoms with Crippen LogP contribution in [-0.2, 0) is 75.2 Å². The fraction of sp³-hybridized carbons (Fsp3) is 0.559. The number of benzene rings is 2. The molecule has 522 valence electrons. The van der Waals surface area contributed by atoms with Crippen molar-refractivity contribution in [2.45, 2.75) is 165 Å². The maximum atomic E-state index is 14.4. The highest BCUT2D eigenvalue weighted by atomic mass is 16.4. The molecule has 0 radical (unpaired) electrons. The lowest BCUT2D eigenvalue weighted by atomic mass is 9.99. The minimum atomic E-state index is -1.97. The fourth-order valence-electron chi connectivity index (χ4n) is 8.96. The topological polar surface area (TPSA) is 595 Å². The first kappa shape index (κ1) is 80.5. The number of guanidine groups is 1. The molecule has 26 N–H and O–H groups in total. The summed E-state index contributed by atoms with van der Waals surface area (Å²) < 4.78 is 0. The average Bonchev–Trinajstić information content (AvgIpc) is 1.15. The van der Waals surface area contributed by atoms with Crippen LogP contribution in [0.4, 0.5) is 0 Å². The van der Waals surface area contributed by atoms with E-state index in [1.165, 1.54) is 32.9 Å². The number of phenols is 1. The molecule has 2 rings (SSSR count). The quantitative estimate of drug-likeness (QED) is 0.0167. The minimum Gasteiger partial charge on any atom is -0.508 e. The molecule has 11 atom stereocenters. The zero-order chi connectivity index (χ0) is 70.6. The highest BCUT2D eigenvalue weighted by molar-refractivity contribution is 6.00. The first-order valence-corrected chi connectivity index (χ1v) is 30.5. The van der Waals surface area contributed by atoms with Gasteiger partial charge in [-0.05, 0) is 114 Å². The van der Waals surface area contributed by atoms with E-state index in [0.717, 1.165) is 6.92 Å². The number of carbonyl (C=O) groups excluding carboxylic acids is 11. The lowest BCUT2D eigenvalue weighted by molar-refractivity contribution is -0.142. The third-order valence-corrected chi connectivity index (χ3v) is 14.2. The average molecular weight is 1330 g/mol. The van der Waals surface area contributed by atoms with E-state index >= 15 is 0 Å². The van der Waals surface area contributed by atoms with E-state index in [1.54, 1.807) is 42.5 Å². The smallest absolute Gasteiger partial charge is 0.322 e. The number of unbranched alkanes of at least 4 members (excludes halogenated alkanes) is 2. The molecule has 0 bridgehead atoms. The van der Waals surface area contributed by atoms with Crippen molar-refractivity contribution in [2.75, 3.05) is 39.3 Å². The highest BCUT2D eigenvalue weighted by Crippen LogP contribution is 2.13.